The first kappa shape index (κ1) is 14.3. The van der Waals surface area contributed by atoms with Gasteiger partial charge in [0.15, 0.2) is 0 Å². The summed E-state index contributed by atoms with van der Waals surface area (Å²) in [6, 6.07) is 8.48. The molecule has 2 atom stereocenters. The predicted octanol–water partition coefficient (Wildman–Crippen LogP) is 1.66. The van der Waals surface area contributed by atoms with Crippen LogP contribution in [0.5, 0.6) is 5.75 Å². The second-order valence-corrected chi connectivity index (χ2v) is 5.13. The van der Waals surface area contributed by atoms with Crippen LogP contribution in [0.15, 0.2) is 24.3 Å². The molecule has 0 aliphatic carbocycles. The first-order valence-corrected chi connectivity index (χ1v) is 6.85. The van der Waals surface area contributed by atoms with Crippen LogP contribution in [0.25, 0.3) is 0 Å². The maximum absolute atomic E-state index is 5.98. The number of rotatable bonds is 6. The lowest BCUT2D eigenvalue weighted by atomic mass is 10.1. The van der Waals surface area contributed by atoms with E-state index >= 15 is 0 Å². The minimum Gasteiger partial charge on any atom is -0.497 e. The second-order valence-electron chi connectivity index (χ2n) is 5.13. The van der Waals surface area contributed by atoms with Crippen molar-refractivity contribution in [3.05, 3.63) is 29.8 Å². The Hall–Kier alpha value is -1.10. The maximum atomic E-state index is 5.98. The van der Waals surface area contributed by atoms with E-state index in [1.54, 1.807) is 14.2 Å². The van der Waals surface area contributed by atoms with Crippen LogP contribution >= 0.6 is 0 Å². The fourth-order valence-corrected chi connectivity index (χ4v) is 2.86. The molecule has 1 saturated heterocycles. The molecule has 0 spiro atoms. The van der Waals surface area contributed by atoms with Gasteiger partial charge < -0.3 is 15.2 Å². The van der Waals surface area contributed by atoms with E-state index < -0.39 is 0 Å². The molecule has 1 aliphatic rings. The van der Waals surface area contributed by atoms with Gasteiger partial charge in [-0.25, -0.2) is 0 Å². The predicted molar refractivity (Wildman–Crippen MR) is 76.3 cm³/mol. The van der Waals surface area contributed by atoms with Crippen molar-refractivity contribution in [2.75, 3.05) is 40.5 Å². The van der Waals surface area contributed by atoms with Gasteiger partial charge in [0.05, 0.1) is 13.7 Å². The van der Waals surface area contributed by atoms with Gasteiger partial charge in [-0.15, -0.1) is 0 Å². The Balaban J connectivity index is 2.07. The van der Waals surface area contributed by atoms with Gasteiger partial charge in [0, 0.05) is 26.2 Å². The van der Waals surface area contributed by atoms with E-state index in [-0.39, 0.29) is 6.04 Å². The van der Waals surface area contributed by atoms with Gasteiger partial charge in [0.25, 0.3) is 0 Å². The van der Waals surface area contributed by atoms with Crippen LogP contribution in [0.2, 0.25) is 0 Å². The Morgan fingerprint density at radius 2 is 2.26 bits per heavy atom. The molecule has 2 N–H and O–H groups in total. The summed E-state index contributed by atoms with van der Waals surface area (Å²) in [6.07, 6.45) is 1.19. The van der Waals surface area contributed by atoms with Gasteiger partial charge in [0.1, 0.15) is 5.75 Å². The molecule has 1 aromatic carbocycles. The summed E-state index contributed by atoms with van der Waals surface area (Å²) in [4.78, 5) is 2.46. The van der Waals surface area contributed by atoms with Crippen LogP contribution in [0, 0.1) is 5.92 Å². The molecular formula is C15H24N2O2. The van der Waals surface area contributed by atoms with Crippen molar-refractivity contribution in [2.45, 2.75) is 12.5 Å². The van der Waals surface area contributed by atoms with Gasteiger partial charge >= 0.3 is 0 Å². The maximum Gasteiger partial charge on any atom is 0.119 e. The van der Waals surface area contributed by atoms with E-state index in [0.29, 0.717) is 12.5 Å². The minimum atomic E-state index is 0.275. The van der Waals surface area contributed by atoms with Gasteiger partial charge in [-0.05, 0) is 36.6 Å². The highest BCUT2D eigenvalue weighted by Crippen LogP contribution is 2.28. The zero-order chi connectivity index (χ0) is 13.7. The molecule has 1 heterocycles. The van der Waals surface area contributed by atoms with Crippen LogP contribution in [-0.2, 0) is 4.74 Å². The largest absolute Gasteiger partial charge is 0.497 e. The summed E-state index contributed by atoms with van der Waals surface area (Å²) in [5.41, 5.74) is 7.22. The summed E-state index contributed by atoms with van der Waals surface area (Å²) >= 11 is 0. The molecule has 0 bridgehead atoms. The minimum absolute atomic E-state index is 0.275. The highest BCUT2D eigenvalue weighted by Gasteiger charge is 2.28. The molecule has 0 radical (unpaired) electrons. The molecule has 1 fully saturated rings. The third-order valence-corrected chi connectivity index (χ3v) is 3.86. The third kappa shape index (κ3) is 3.47. The lowest BCUT2D eigenvalue weighted by Gasteiger charge is -2.27. The molecule has 0 amide bonds. The van der Waals surface area contributed by atoms with Crippen LogP contribution in [-0.4, -0.2) is 45.4 Å². The number of likely N-dealkylation sites (tertiary alicyclic amines) is 1. The van der Waals surface area contributed by atoms with Crippen LogP contribution in [0.3, 0.4) is 0 Å². The molecule has 2 rings (SSSR count). The zero-order valence-electron chi connectivity index (χ0n) is 11.8. The van der Waals surface area contributed by atoms with Crippen LogP contribution < -0.4 is 10.5 Å². The SMILES string of the molecule is COCC1CCN(C(CN)c2cccc(OC)c2)C1. The van der Waals surface area contributed by atoms with E-state index in [0.717, 1.165) is 25.4 Å². The van der Waals surface area contributed by atoms with Crippen molar-refractivity contribution < 1.29 is 9.47 Å². The van der Waals surface area contributed by atoms with E-state index in [9.17, 15) is 0 Å². The topological polar surface area (TPSA) is 47.7 Å². The Kier molecular flexibility index (Phi) is 5.19. The first-order valence-electron chi connectivity index (χ1n) is 6.85. The van der Waals surface area contributed by atoms with Gasteiger partial charge in [0.2, 0.25) is 0 Å². The number of nitrogens with two attached hydrogens (primary N) is 1. The molecule has 19 heavy (non-hydrogen) atoms. The summed E-state index contributed by atoms with van der Waals surface area (Å²) < 4.78 is 10.5. The van der Waals surface area contributed by atoms with Crippen molar-refractivity contribution in [3.63, 3.8) is 0 Å². The number of methoxy groups -OCH3 is 2. The molecule has 0 saturated carbocycles. The van der Waals surface area contributed by atoms with E-state index in [1.165, 1.54) is 12.0 Å². The standard InChI is InChI=1S/C15H24N2O2/c1-18-11-12-6-7-17(10-12)15(9-16)13-4-3-5-14(8-13)19-2/h3-5,8,12,15H,6-7,9-11,16H2,1-2H3. The molecular weight excluding hydrogens is 240 g/mol. The molecule has 4 heteroatoms. The average molecular weight is 264 g/mol. The van der Waals surface area contributed by atoms with Crippen molar-refractivity contribution in [3.8, 4) is 5.75 Å². The fraction of sp³-hybridized carbons (Fsp3) is 0.600. The Labute approximate surface area is 115 Å². The summed E-state index contributed by atoms with van der Waals surface area (Å²) in [5.74, 6) is 1.52. The second kappa shape index (κ2) is 6.89. The van der Waals surface area contributed by atoms with E-state index in [2.05, 4.69) is 17.0 Å². The summed E-state index contributed by atoms with van der Waals surface area (Å²) in [7, 11) is 3.46. The van der Waals surface area contributed by atoms with Gasteiger partial charge in [-0.1, -0.05) is 12.1 Å². The molecule has 106 valence electrons. The Morgan fingerprint density at radius 3 is 2.95 bits per heavy atom. The van der Waals surface area contributed by atoms with Crippen molar-refractivity contribution in [1.29, 1.82) is 0 Å². The number of ether oxygens (including phenoxy) is 2. The number of hydrogen-bond donors (Lipinski definition) is 1. The quantitative estimate of drug-likeness (QED) is 0.849. The molecule has 1 aliphatic heterocycles. The Bertz CT molecular complexity index is 397. The van der Waals surface area contributed by atoms with Gasteiger partial charge in [-0.2, -0.15) is 0 Å². The van der Waals surface area contributed by atoms with Crippen molar-refractivity contribution in [2.24, 2.45) is 11.7 Å². The highest BCUT2D eigenvalue weighted by atomic mass is 16.5. The normalized spacial score (nSPS) is 21.5. The van der Waals surface area contributed by atoms with Crippen LogP contribution in [0.1, 0.15) is 18.0 Å². The molecule has 2 unspecified atom stereocenters. The molecule has 0 aromatic heterocycles. The Morgan fingerprint density at radius 1 is 1.42 bits per heavy atom. The third-order valence-electron chi connectivity index (χ3n) is 3.86. The lowest BCUT2D eigenvalue weighted by Crippen LogP contribution is -2.32. The van der Waals surface area contributed by atoms with Crippen molar-refractivity contribution >= 4 is 0 Å². The number of nitrogens with zero attached hydrogens (tertiary/aromatic N) is 1. The smallest absolute Gasteiger partial charge is 0.119 e. The van der Waals surface area contributed by atoms with Gasteiger partial charge in [-0.3, -0.25) is 4.90 Å². The summed E-state index contributed by atoms with van der Waals surface area (Å²) in [5, 5.41) is 0. The summed E-state index contributed by atoms with van der Waals surface area (Å²) in [6.45, 7) is 3.62. The lowest BCUT2D eigenvalue weighted by molar-refractivity contribution is 0.147. The van der Waals surface area contributed by atoms with E-state index in [4.69, 9.17) is 15.2 Å². The molecule has 1 aromatic rings. The number of hydrogen-bond acceptors (Lipinski definition) is 4. The molecule has 4 nitrogen and oxygen atoms in total. The fourth-order valence-electron chi connectivity index (χ4n) is 2.86. The number of benzene rings is 1. The zero-order valence-corrected chi connectivity index (χ0v) is 11.8. The first-order chi connectivity index (χ1) is 9.28. The average Bonchev–Trinajstić information content (AvgIpc) is 2.89. The monoisotopic (exact) mass is 264 g/mol. The van der Waals surface area contributed by atoms with E-state index in [1.807, 2.05) is 12.1 Å². The van der Waals surface area contributed by atoms with Crippen molar-refractivity contribution in [1.82, 2.24) is 4.90 Å². The van der Waals surface area contributed by atoms with Crippen LogP contribution in [0.4, 0.5) is 0 Å². The highest BCUT2D eigenvalue weighted by molar-refractivity contribution is 5.31.